The first-order valence-corrected chi connectivity index (χ1v) is 19.9. The molecule has 4 saturated carbocycles. The van der Waals surface area contributed by atoms with E-state index in [4.69, 9.17) is 23.7 Å². The van der Waals surface area contributed by atoms with E-state index >= 15 is 0 Å². The van der Waals surface area contributed by atoms with Crippen LogP contribution < -0.4 is 0 Å². The van der Waals surface area contributed by atoms with Crippen molar-refractivity contribution in [3.63, 3.8) is 0 Å². The molecule has 14 atom stereocenters. The number of aliphatic hydroxyl groups is 3. The largest absolute Gasteiger partial charge is 0.505 e. The lowest BCUT2D eigenvalue weighted by Gasteiger charge is -2.71. The van der Waals surface area contributed by atoms with Gasteiger partial charge in [0.25, 0.3) is 0 Å². The summed E-state index contributed by atoms with van der Waals surface area (Å²) in [5.41, 5.74) is -1.41. The van der Waals surface area contributed by atoms with Gasteiger partial charge in [0.15, 0.2) is 11.9 Å². The molecule has 6 aliphatic rings. The highest BCUT2D eigenvalue weighted by Crippen LogP contribution is 2.76. The summed E-state index contributed by atoms with van der Waals surface area (Å²) < 4.78 is 28.5. The standard InChI is InChI=1S/C42H60O13/c1-21-12-15-42(37(50)51-19-27(46)34-32(47)33(48)36(49)55-34)17-16-40(8)26(31(42)22(21)2)10-11-30-38(6)18-28(53-24(4)44)35(54-25(5)45)39(7,20-52-23(3)43)29(38)13-14-41(30,40)9/h10,21-22,27-31,34-35,46-48H,11-20H2,1-9H3/t21-,22+,27+,28-,29?,30?,31+,34?,35+,38+,39+,40-,41-,42+/m1/s1. The molecule has 0 spiro atoms. The Hall–Kier alpha value is -3.61. The summed E-state index contributed by atoms with van der Waals surface area (Å²) in [5, 5.41) is 30.6. The number of aliphatic hydroxyl groups excluding tert-OH is 3. The van der Waals surface area contributed by atoms with Gasteiger partial charge in [-0.15, -0.1) is 0 Å². The number of rotatable bonds is 8. The average Bonchev–Trinajstić information content (AvgIpc) is 3.36. The van der Waals surface area contributed by atoms with Crippen LogP contribution in [-0.4, -0.2) is 82.8 Å². The van der Waals surface area contributed by atoms with Crippen molar-refractivity contribution in [1.82, 2.24) is 0 Å². The molecule has 1 heterocycles. The Morgan fingerprint density at radius 2 is 1.56 bits per heavy atom. The number of fused-ring (bicyclic) bond motifs is 7. The molecule has 6 rings (SSSR count). The third-order valence-electron chi connectivity index (χ3n) is 16.0. The first-order valence-electron chi connectivity index (χ1n) is 19.9. The number of hydrogen-bond donors (Lipinski definition) is 3. The minimum Gasteiger partial charge on any atom is -0.505 e. The van der Waals surface area contributed by atoms with Gasteiger partial charge in [0.2, 0.25) is 5.76 Å². The quantitative estimate of drug-likeness (QED) is 0.152. The Kier molecular flexibility index (Phi) is 10.5. The zero-order valence-electron chi connectivity index (χ0n) is 33.8. The first-order chi connectivity index (χ1) is 25.6. The molecule has 0 aromatic carbocycles. The molecule has 13 nitrogen and oxygen atoms in total. The van der Waals surface area contributed by atoms with E-state index in [1.54, 1.807) is 0 Å². The topological polar surface area (TPSA) is 192 Å². The van der Waals surface area contributed by atoms with Crippen molar-refractivity contribution in [2.24, 2.45) is 56.7 Å². The van der Waals surface area contributed by atoms with Crippen LogP contribution in [0.5, 0.6) is 0 Å². The second-order valence-electron chi connectivity index (χ2n) is 18.7. The van der Waals surface area contributed by atoms with E-state index in [0.717, 1.165) is 19.3 Å². The molecule has 306 valence electrons. The summed E-state index contributed by atoms with van der Waals surface area (Å²) in [7, 11) is 0. The molecular formula is C42H60O13. The Bertz CT molecular complexity index is 1680. The minimum atomic E-state index is -1.57. The molecule has 3 N–H and O–H groups in total. The number of cyclic esters (lactones) is 1. The second kappa shape index (κ2) is 14.1. The highest BCUT2D eigenvalue weighted by Gasteiger charge is 2.72. The lowest BCUT2D eigenvalue weighted by Crippen LogP contribution is -2.69. The van der Waals surface area contributed by atoms with Gasteiger partial charge in [-0.2, -0.15) is 0 Å². The molecule has 5 aliphatic carbocycles. The fourth-order valence-electron chi connectivity index (χ4n) is 13.0. The Labute approximate surface area is 323 Å². The minimum absolute atomic E-state index is 0.0111. The third kappa shape index (κ3) is 6.25. The van der Waals surface area contributed by atoms with Gasteiger partial charge in [0.1, 0.15) is 31.5 Å². The van der Waals surface area contributed by atoms with Crippen LogP contribution in [0.4, 0.5) is 0 Å². The van der Waals surface area contributed by atoms with Gasteiger partial charge >= 0.3 is 29.8 Å². The predicted octanol–water partition coefficient (Wildman–Crippen LogP) is 5.82. The lowest BCUT2D eigenvalue weighted by atomic mass is 9.33. The van der Waals surface area contributed by atoms with Gasteiger partial charge in [-0.1, -0.05) is 53.2 Å². The second-order valence-corrected chi connectivity index (χ2v) is 18.7. The number of hydrogen-bond acceptors (Lipinski definition) is 13. The van der Waals surface area contributed by atoms with E-state index in [0.29, 0.717) is 38.0 Å². The zero-order valence-corrected chi connectivity index (χ0v) is 33.8. The van der Waals surface area contributed by atoms with Crippen LogP contribution in [0.1, 0.15) is 114 Å². The highest BCUT2D eigenvalue weighted by molar-refractivity contribution is 5.89. The van der Waals surface area contributed by atoms with Gasteiger partial charge < -0.3 is 39.0 Å². The van der Waals surface area contributed by atoms with E-state index in [9.17, 15) is 39.3 Å². The molecule has 0 saturated heterocycles. The molecule has 13 heteroatoms. The number of allylic oxidation sites excluding steroid dienone is 2. The molecule has 55 heavy (non-hydrogen) atoms. The normalized spacial score (nSPS) is 44.0. The van der Waals surface area contributed by atoms with Crippen molar-refractivity contribution in [3.05, 3.63) is 23.2 Å². The van der Waals surface area contributed by atoms with Crippen LogP contribution in [-0.2, 0) is 47.7 Å². The molecule has 0 radical (unpaired) electrons. The maximum absolute atomic E-state index is 14.4. The average molecular weight is 773 g/mol. The Morgan fingerprint density at radius 1 is 0.891 bits per heavy atom. The van der Waals surface area contributed by atoms with Crippen LogP contribution in [0.15, 0.2) is 23.2 Å². The fourth-order valence-corrected chi connectivity index (χ4v) is 13.0. The van der Waals surface area contributed by atoms with E-state index in [1.807, 2.05) is 6.92 Å². The smallest absolute Gasteiger partial charge is 0.377 e. The van der Waals surface area contributed by atoms with Gasteiger partial charge in [0, 0.05) is 26.2 Å². The molecule has 4 fully saturated rings. The van der Waals surface area contributed by atoms with E-state index in [-0.39, 0.29) is 41.1 Å². The first kappa shape index (κ1) is 41.0. The number of esters is 5. The molecular weight excluding hydrogens is 712 g/mol. The van der Waals surface area contributed by atoms with E-state index in [1.165, 1.54) is 26.3 Å². The van der Waals surface area contributed by atoms with Crippen molar-refractivity contribution >= 4 is 29.8 Å². The summed E-state index contributed by atoms with van der Waals surface area (Å²) in [5.74, 6) is -4.33. The zero-order chi connectivity index (χ0) is 40.6. The number of carbonyl (C=O) groups excluding carboxylic acids is 5. The highest BCUT2D eigenvalue weighted by atomic mass is 16.6. The Balaban J connectivity index is 1.36. The van der Waals surface area contributed by atoms with Crippen molar-refractivity contribution in [1.29, 1.82) is 0 Å². The molecule has 0 bridgehead atoms. The lowest BCUT2D eigenvalue weighted by molar-refractivity contribution is -0.256. The fraction of sp³-hybridized carbons (Fsp3) is 0.786. The number of ether oxygens (including phenoxy) is 5. The summed E-state index contributed by atoms with van der Waals surface area (Å²) in [6.07, 6.45) is 3.24. The summed E-state index contributed by atoms with van der Waals surface area (Å²) in [4.78, 5) is 63.5. The predicted molar refractivity (Wildman–Crippen MR) is 196 cm³/mol. The van der Waals surface area contributed by atoms with Crippen molar-refractivity contribution in [3.8, 4) is 0 Å². The molecule has 0 amide bonds. The van der Waals surface area contributed by atoms with Crippen molar-refractivity contribution in [2.75, 3.05) is 13.2 Å². The SMILES string of the molecule is CC(=O)OC[C@@]1(C)C2CC[C@]3(C)C(CC=C4[C@@H]5[C@@H](C)[C@H](C)CC[C@]5(C(=O)OC[C@H](O)C5OC(=O)C(O)=C5O)CC[C@]43C)[C@@]2(C)C[C@@H](OC(C)=O)[C@@H]1OC(C)=O. The van der Waals surface area contributed by atoms with Gasteiger partial charge in [-0.25, -0.2) is 4.79 Å². The van der Waals surface area contributed by atoms with Crippen LogP contribution in [0.2, 0.25) is 0 Å². The van der Waals surface area contributed by atoms with Crippen molar-refractivity contribution < 1.29 is 63.0 Å². The molecule has 1 aliphatic heterocycles. The van der Waals surface area contributed by atoms with Crippen molar-refractivity contribution in [2.45, 2.75) is 138 Å². The molecule has 0 aromatic rings. The maximum Gasteiger partial charge on any atom is 0.377 e. The van der Waals surface area contributed by atoms with Crippen LogP contribution in [0.25, 0.3) is 0 Å². The van der Waals surface area contributed by atoms with E-state index < -0.39 is 88.6 Å². The van der Waals surface area contributed by atoms with Gasteiger partial charge in [-0.05, 0) is 97.2 Å². The van der Waals surface area contributed by atoms with Crippen LogP contribution in [0, 0.1) is 56.7 Å². The summed E-state index contributed by atoms with van der Waals surface area (Å²) in [6.45, 7) is 17.0. The maximum atomic E-state index is 14.4. The third-order valence-corrected chi connectivity index (χ3v) is 16.0. The summed E-state index contributed by atoms with van der Waals surface area (Å²) in [6, 6.07) is 0. The van der Waals surface area contributed by atoms with Crippen LogP contribution in [0.3, 0.4) is 0 Å². The monoisotopic (exact) mass is 772 g/mol. The Morgan fingerprint density at radius 3 is 2.16 bits per heavy atom. The van der Waals surface area contributed by atoms with E-state index in [2.05, 4.69) is 40.7 Å². The van der Waals surface area contributed by atoms with Crippen LogP contribution >= 0.6 is 0 Å². The summed E-state index contributed by atoms with van der Waals surface area (Å²) >= 11 is 0. The number of carbonyl (C=O) groups is 5. The molecule has 3 unspecified atom stereocenters. The van der Waals surface area contributed by atoms with Gasteiger partial charge in [0.05, 0.1) is 5.41 Å². The van der Waals surface area contributed by atoms with Gasteiger partial charge in [-0.3, -0.25) is 19.2 Å². The molecule has 0 aromatic heterocycles.